The molecule has 8 heteroatoms. The number of ether oxygens (including phenoxy) is 2. The Hall–Kier alpha value is -2.64. The van der Waals surface area contributed by atoms with E-state index in [0.717, 1.165) is 0 Å². The van der Waals surface area contributed by atoms with Crippen molar-refractivity contribution >= 4 is 17.9 Å². The number of carbonyl (C=O) groups excluding carboxylic acids is 2. The van der Waals surface area contributed by atoms with Crippen LogP contribution in [-0.4, -0.2) is 38.1 Å². The second-order valence-corrected chi connectivity index (χ2v) is 5.59. The van der Waals surface area contributed by atoms with Gasteiger partial charge in [0.15, 0.2) is 11.5 Å². The molecule has 0 aliphatic rings. The van der Waals surface area contributed by atoms with Crippen LogP contribution >= 0.6 is 0 Å². The number of hydrogen-bond acceptors (Lipinski definition) is 4. The number of benzene rings is 1. The summed E-state index contributed by atoms with van der Waals surface area (Å²) < 4.78 is 34.4. The first kappa shape index (κ1) is 21.4. The van der Waals surface area contributed by atoms with Gasteiger partial charge >= 0.3 is 6.61 Å². The topological polar surface area (TPSA) is 76.7 Å². The number of alkyl halides is 2. The molecule has 0 heterocycles. The number of hydrogen-bond donors (Lipinski definition) is 2. The second-order valence-electron chi connectivity index (χ2n) is 5.59. The van der Waals surface area contributed by atoms with E-state index in [1.807, 2.05) is 0 Å². The summed E-state index contributed by atoms with van der Waals surface area (Å²) in [6.45, 7) is 3.26. The van der Waals surface area contributed by atoms with Gasteiger partial charge in [-0.1, -0.05) is 19.9 Å². The van der Waals surface area contributed by atoms with Gasteiger partial charge in [0.2, 0.25) is 11.8 Å². The first-order chi connectivity index (χ1) is 12.3. The minimum absolute atomic E-state index is 0.0654. The number of halogens is 2. The smallest absolute Gasteiger partial charge is 0.387 e. The first-order valence-corrected chi connectivity index (χ1v) is 8.28. The van der Waals surface area contributed by atoms with Crippen LogP contribution in [0.1, 0.15) is 26.3 Å². The second kappa shape index (κ2) is 11.1. The molecular weight excluding hydrogens is 346 g/mol. The molecule has 0 spiro atoms. The number of nitrogens with one attached hydrogen (secondary N) is 2. The van der Waals surface area contributed by atoms with Gasteiger partial charge in [-0.25, -0.2) is 0 Å². The Morgan fingerprint density at radius 1 is 1.15 bits per heavy atom. The number of amides is 2. The van der Waals surface area contributed by atoms with Gasteiger partial charge in [-0.2, -0.15) is 8.78 Å². The molecule has 2 N–H and O–H groups in total. The SMILES string of the molecule is CCOc1cc(/C=C/C(=O)NCCNC(=O)C(C)C)ccc1OC(F)F. The molecule has 0 unspecified atom stereocenters. The molecule has 1 rings (SSSR count). The predicted molar refractivity (Wildman–Crippen MR) is 94.1 cm³/mol. The lowest BCUT2D eigenvalue weighted by Crippen LogP contribution is -2.35. The Balaban J connectivity index is 2.57. The van der Waals surface area contributed by atoms with Crippen LogP contribution in [-0.2, 0) is 9.59 Å². The van der Waals surface area contributed by atoms with E-state index in [9.17, 15) is 18.4 Å². The van der Waals surface area contributed by atoms with Crippen LogP contribution in [0.15, 0.2) is 24.3 Å². The fourth-order valence-electron chi connectivity index (χ4n) is 1.90. The fourth-order valence-corrected chi connectivity index (χ4v) is 1.90. The summed E-state index contributed by atoms with van der Waals surface area (Å²) in [4.78, 5) is 23.1. The lowest BCUT2D eigenvalue weighted by Gasteiger charge is -2.11. The van der Waals surface area contributed by atoms with Crippen LogP contribution in [0.5, 0.6) is 11.5 Å². The highest BCUT2D eigenvalue weighted by molar-refractivity contribution is 5.91. The van der Waals surface area contributed by atoms with Crippen molar-refractivity contribution in [2.45, 2.75) is 27.4 Å². The van der Waals surface area contributed by atoms with Gasteiger partial charge in [-0.15, -0.1) is 0 Å². The Bertz CT molecular complexity index is 634. The van der Waals surface area contributed by atoms with Gasteiger partial charge in [-0.3, -0.25) is 9.59 Å². The van der Waals surface area contributed by atoms with Crippen molar-refractivity contribution in [3.8, 4) is 11.5 Å². The molecule has 0 aliphatic carbocycles. The summed E-state index contributed by atoms with van der Waals surface area (Å²) in [6, 6.07) is 4.40. The van der Waals surface area contributed by atoms with Crippen molar-refractivity contribution in [1.82, 2.24) is 10.6 Å². The number of carbonyl (C=O) groups is 2. The molecule has 0 saturated heterocycles. The van der Waals surface area contributed by atoms with Gasteiger partial charge in [0.25, 0.3) is 0 Å². The maximum absolute atomic E-state index is 12.4. The molecule has 6 nitrogen and oxygen atoms in total. The van der Waals surface area contributed by atoms with Crippen molar-refractivity contribution in [1.29, 1.82) is 0 Å². The molecule has 0 bridgehead atoms. The minimum Gasteiger partial charge on any atom is -0.490 e. The van der Waals surface area contributed by atoms with Crippen LogP contribution in [0.25, 0.3) is 6.08 Å². The van der Waals surface area contributed by atoms with Crippen LogP contribution in [0.3, 0.4) is 0 Å². The fraction of sp³-hybridized carbons (Fsp3) is 0.444. The molecule has 0 aromatic heterocycles. The van der Waals surface area contributed by atoms with Crippen molar-refractivity contribution in [2.24, 2.45) is 5.92 Å². The largest absolute Gasteiger partial charge is 0.490 e. The van der Waals surface area contributed by atoms with E-state index in [4.69, 9.17) is 4.74 Å². The molecule has 0 atom stereocenters. The van der Waals surface area contributed by atoms with Crippen LogP contribution < -0.4 is 20.1 Å². The summed E-state index contributed by atoms with van der Waals surface area (Å²) in [7, 11) is 0. The molecule has 1 aromatic rings. The lowest BCUT2D eigenvalue weighted by molar-refractivity contribution is -0.124. The normalized spacial score (nSPS) is 11.0. The van der Waals surface area contributed by atoms with Crippen molar-refractivity contribution in [3.05, 3.63) is 29.8 Å². The molecule has 26 heavy (non-hydrogen) atoms. The average Bonchev–Trinajstić information content (AvgIpc) is 2.58. The Labute approximate surface area is 151 Å². The van der Waals surface area contributed by atoms with E-state index in [-0.39, 0.29) is 35.8 Å². The maximum Gasteiger partial charge on any atom is 0.387 e. The van der Waals surface area contributed by atoms with E-state index in [1.165, 1.54) is 30.4 Å². The van der Waals surface area contributed by atoms with E-state index in [0.29, 0.717) is 18.7 Å². The van der Waals surface area contributed by atoms with Crippen molar-refractivity contribution in [3.63, 3.8) is 0 Å². The molecule has 0 saturated carbocycles. The van der Waals surface area contributed by atoms with Gasteiger partial charge in [-0.05, 0) is 30.7 Å². The summed E-state index contributed by atoms with van der Waals surface area (Å²) in [5, 5.41) is 5.31. The average molecular weight is 370 g/mol. The van der Waals surface area contributed by atoms with Gasteiger partial charge < -0.3 is 20.1 Å². The van der Waals surface area contributed by atoms with Crippen LogP contribution in [0.2, 0.25) is 0 Å². The Morgan fingerprint density at radius 3 is 2.46 bits per heavy atom. The van der Waals surface area contributed by atoms with E-state index < -0.39 is 6.61 Å². The van der Waals surface area contributed by atoms with Crippen LogP contribution in [0, 0.1) is 5.92 Å². The zero-order chi connectivity index (χ0) is 19.5. The third-order valence-electron chi connectivity index (χ3n) is 3.16. The molecular formula is C18H24F2N2O4. The van der Waals surface area contributed by atoms with Crippen LogP contribution in [0.4, 0.5) is 8.78 Å². The minimum atomic E-state index is -2.95. The highest BCUT2D eigenvalue weighted by atomic mass is 19.3. The summed E-state index contributed by atoms with van der Waals surface area (Å²) in [5.41, 5.74) is 0.596. The number of rotatable bonds is 10. The molecule has 1 aromatic carbocycles. The Kier molecular flexibility index (Phi) is 9.11. The molecule has 0 fully saturated rings. The van der Waals surface area contributed by atoms with Crippen molar-refractivity contribution in [2.75, 3.05) is 19.7 Å². The molecule has 2 amide bonds. The van der Waals surface area contributed by atoms with E-state index >= 15 is 0 Å². The quantitative estimate of drug-likeness (QED) is 0.490. The molecule has 0 radical (unpaired) electrons. The highest BCUT2D eigenvalue weighted by Crippen LogP contribution is 2.30. The molecule has 0 aliphatic heterocycles. The van der Waals surface area contributed by atoms with E-state index in [2.05, 4.69) is 15.4 Å². The predicted octanol–water partition coefficient (Wildman–Crippen LogP) is 2.59. The standard InChI is InChI=1S/C18H24F2N2O4/c1-4-25-15-11-13(5-7-14(15)26-18(19)20)6-8-16(23)21-9-10-22-17(24)12(2)3/h5-8,11-12,18H,4,9-10H2,1-3H3,(H,21,23)(H,22,24)/b8-6+. The maximum atomic E-state index is 12.4. The summed E-state index contributed by atoms with van der Waals surface area (Å²) >= 11 is 0. The van der Waals surface area contributed by atoms with Gasteiger partial charge in [0.05, 0.1) is 6.61 Å². The lowest BCUT2D eigenvalue weighted by atomic mass is 10.2. The Morgan fingerprint density at radius 2 is 1.85 bits per heavy atom. The molecule has 144 valence electrons. The zero-order valence-electron chi connectivity index (χ0n) is 15.1. The van der Waals surface area contributed by atoms with E-state index in [1.54, 1.807) is 20.8 Å². The first-order valence-electron chi connectivity index (χ1n) is 8.28. The van der Waals surface area contributed by atoms with Crippen molar-refractivity contribution < 1.29 is 27.8 Å². The third-order valence-corrected chi connectivity index (χ3v) is 3.16. The third kappa shape index (κ3) is 7.96. The van der Waals surface area contributed by atoms with Gasteiger partial charge in [0, 0.05) is 25.1 Å². The zero-order valence-corrected chi connectivity index (χ0v) is 15.1. The summed E-state index contributed by atoms with van der Waals surface area (Å²) in [5.74, 6) is -0.419. The summed E-state index contributed by atoms with van der Waals surface area (Å²) in [6.07, 6.45) is 2.83. The van der Waals surface area contributed by atoms with Gasteiger partial charge in [0.1, 0.15) is 0 Å². The highest BCUT2D eigenvalue weighted by Gasteiger charge is 2.11. The monoisotopic (exact) mass is 370 g/mol.